The van der Waals surface area contributed by atoms with Crippen LogP contribution in [-0.4, -0.2) is 8.42 Å². The van der Waals surface area contributed by atoms with Crippen LogP contribution >= 0.6 is 11.6 Å². The minimum absolute atomic E-state index is 0.120. The standard InChI is InChI=1S/C15H17ClN2O2S/c1-11(13-3-2-4-14(16)9-13)18-10-12-5-7-15(8-6-12)21(17,19)20/h2-9,11,18H,10H2,1H3,(H2,17,19,20). The molecule has 0 aliphatic carbocycles. The van der Waals surface area contributed by atoms with Crippen LogP contribution in [0.2, 0.25) is 5.02 Å². The number of rotatable bonds is 5. The highest BCUT2D eigenvalue weighted by molar-refractivity contribution is 7.89. The van der Waals surface area contributed by atoms with Crippen molar-refractivity contribution < 1.29 is 8.42 Å². The molecule has 0 fully saturated rings. The largest absolute Gasteiger partial charge is 0.306 e. The molecule has 1 unspecified atom stereocenters. The predicted octanol–water partition coefficient (Wildman–Crippen LogP) is 2.84. The van der Waals surface area contributed by atoms with Crippen molar-refractivity contribution in [3.05, 3.63) is 64.7 Å². The Morgan fingerprint density at radius 3 is 2.43 bits per heavy atom. The Hall–Kier alpha value is -1.40. The van der Waals surface area contributed by atoms with E-state index in [-0.39, 0.29) is 10.9 Å². The lowest BCUT2D eigenvalue weighted by atomic mass is 10.1. The third-order valence-electron chi connectivity index (χ3n) is 3.21. The molecule has 0 radical (unpaired) electrons. The van der Waals surface area contributed by atoms with Crippen LogP contribution in [0, 0.1) is 0 Å². The summed E-state index contributed by atoms with van der Waals surface area (Å²) < 4.78 is 22.4. The van der Waals surface area contributed by atoms with Gasteiger partial charge in [0.1, 0.15) is 0 Å². The Bertz CT molecular complexity index is 715. The molecule has 0 saturated carbocycles. The lowest BCUT2D eigenvalue weighted by Gasteiger charge is -2.14. The number of benzene rings is 2. The van der Waals surface area contributed by atoms with Crippen LogP contribution in [-0.2, 0) is 16.6 Å². The molecule has 2 aromatic carbocycles. The van der Waals surface area contributed by atoms with Crippen molar-refractivity contribution in [2.75, 3.05) is 0 Å². The van der Waals surface area contributed by atoms with Gasteiger partial charge in [0.05, 0.1) is 4.90 Å². The highest BCUT2D eigenvalue weighted by Gasteiger charge is 2.08. The molecule has 2 aromatic rings. The van der Waals surface area contributed by atoms with Crippen molar-refractivity contribution in [1.29, 1.82) is 0 Å². The van der Waals surface area contributed by atoms with Crippen molar-refractivity contribution in [3.63, 3.8) is 0 Å². The first-order valence-corrected chi connectivity index (χ1v) is 8.39. The Balaban J connectivity index is 2.00. The van der Waals surface area contributed by atoms with Gasteiger partial charge in [-0.15, -0.1) is 0 Å². The average molecular weight is 325 g/mol. The molecular weight excluding hydrogens is 308 g/mol. The fraction of sp³-hybridized carbons (Fsp3) is 0.200. The first-order chi connectivity index (χ1) is 9.86. The van der Waals surface area contributed by atoms with Gasteiger partial charge in [-0.05, 0) is 42.3 Å². The zero-order valence-electron chi connectivity index (χ0n) is 11.6. The minimum atomic E-state index is -3.63. The number of hydrogen-bond donors (Lipinski definition) is 2. The van der Waals surface area contributed by atoms with Gasteiger partial charge >= 0.3 is 0 Å². The van der Waals surface area contributed by atoms with Gasteiger partial charge in [-0.2, -0.15) is 0 Å². The number of nitrogens with two attached hydrogens (primary N) is 1. The lowest BCUT2D eigenvalue weighted by molar-refractivity contribution is 0.574. The molecule has 0 heterocycles. The molecule has 6 heteroatoms. The maximum Gasteiger partial charge on any atom is 0.238 e. The summed E-state index contributed by atoms with van der Waals surface area (Å²) in [5, 5.41) is 9.13. The summed E-state index contributed by atoms with van der Waals surface area (Å²) in [5.74, 6) is 0. The molecule has 0 saturated heterocycles. The van der Waals surface area contributed by atoms with E-state index in [2.05, 4.69) is 5.32 Å². The second kappa shape index (κ2) is 6.58. The smallest absolute Gasteiger partial charge is 0.238 e. The van der Waals surface area contributed by atoms with Crippen molar-refractivity contribution >= 4 is 21.6 Å². The summed E-state index contributed by atoms with van der Waals surface area (Å²) in [6, 6.07) is 14.3. The first kappa shape index (κ1) is 16.0. The average Bonchev–Trinajstić information content (AvgIpc) is 2.44. The summed E-state index contributed by atoms with van der Waals surface area (Å²) in [5.41, 5.74) is 2.08. The molecule has 0 bridgehead atoms. The number of halogens is 1. The molecule has 3 N–H and O–H groups in total. The van der Waals surface area contributed by atoms with Gasteiger partial charge in [-0.25, -0.2) is 13.6 Å². The Labute approximate surface area is 130 Å². The first-order valence-electron chi connectivity index (χ1n) is 6.47. The van der Waals surface area contributed by atoms with Crippen LogP contribution in [0.4, 0.5) is 0 Å². The van der Waals surface area contributed by atoms with E-state index in [0.717, 1.165) is 11.1 Å². The monoisotopic (exact) mass is 324 g/mol. The van der Waals surface area contributed by atoms with E-state index in [9.17, 15) is 8.42 Å². The highest BCUT2D eigenvalue weighted by atomic mass is 35.5. The summed E-state index contributed by atoms with van der Waals surface area (Å²) in [7, 11) is -3.63. The van der Waals surface area contributed by atoms with Gasteiger partial charge in [0.25, 0.3) is 0 Å². The SMILES string of the molecule is CC(NCc1ccc(S(N)(=O)=O)cc1)c1cccc(Cl)c1. The van der Waals surface area contributed by atoms with Gasteiger partial charge in [0, 0.05) is 17.6 Å². The highest BCUT2D eigenvalue weighted by Crippen LogP contribution is 2.18. The van der Waals surface area contributed by atoms with E-state index in [0.29, 0.717) is 11.6 Å². The quantitative estimate of drug-likeness (QED) is 0.888. The third-order valence-corrected chi connectivity index (χ3v) is 4.38. The topological polar surface area (TPSA) is 72.2 Å². The van der Waals surface area contributed by atoms with Crippen LogP contribution < -0.4 is 10.5 Å². The van der Waals surface area contributed by atoms with Crippen LogP contribution in [0.3, 0.4) is 0 Å². The summed E-state index contributed by atoms with van der Waals surface area (Å²) in [6.07, 6.45) is 0. The fourth-order valence-electron chi connectivity index (χ4n) is 1.96. The molecule has 0 aromatic heterocycles. The number of nitrogens with one attached hydrogen (secondary N) is 1. The van der Waals surface area contributed by atoms with Gasteiger partial charge in [0.2, 0.25) is 10.0 Å². The number of sulfonamides is 1. The van der Waals surface area contributed by atoms with Crippen molar-refractivity contribution in [1.82, 2.24) is 5.32 Å². The molecule has 2 rings (SSSR count). The Morgan fingerprint density at radius 1 is 1.19 bits per heavy atom. The molecule has 0 spiro atoms. The van der Waals surface area contributed by atoms with Crippen LogP contribution in [0.15, 0.2) is 53.4 Å². The van der Waals surface area contributed by atoms with E-state index in [1.54, 1.807) is 12.1 Å². The van der Waals surface area contributed by atoms with Gasteiger partial charge < -0.3 is 5.32 Å². The van der Waals surface area contributed by atoms with Crippen LogP contribution in [0.25, 0.3) is 0 Å². The summed E-state index contributed by atoms with van der Waals surface area (Å²) >= 11 is 5.97. The molecule has 0 aliphatic rings. The molecule has 4 nitrogen and oxygen atoms in total. The maximum atomic E-state index is 11.2. The third kappa shape index (κ3) is 4.54. The van der Waals surface area contributed by atoms with Crippen LogP contribution in [0.5, 0.6) is 0 Å². The molecule has 1 atom stereocenters. The molecule has 112 valence electrons. The van der Waals surface area contributed by atoms with E-state index in [1.165, 1.54) is 12.1 Å². The number of primary sulfonamides is 1. The Kier molecular flexibility index (Phi) is 5.00. The zero-order valence-corrected chi connectivity index (χ0v) is 13.2. The van der Waals surface area contributed by atoms with Gasteiger partial charge in [-0.1, -0.05) is 35.9 Å². The Morgan fingerprint density at radius 2 is 1.86 bits per heavy atom. The van der Waals surface area contributed by atoms with Crippen molar-refractivity contribution in [2.24, 2.45) is 5.14 Å². The molecule has 0 amide bonds. The summed E-state index contributed by atoms with van der Waals surface area (Å²) in [4.78, 5) is 0.120. The van der Waals surface area contributed by atoms with E-state index in [4.69, 9.17) is 16.7 Å². The zero-order chi connectivity index (χ0) is 15.5. The second-order valence-corrected chi connectivity index (χ2v) is 6.84. The van der Waals surface area contributed by atoms with Gasteiger partial charge in [0.15, 0.2) is 0 Å². The normalized spacial score (nSPS) is 13.1. The van der Waals surface area contributed by atoms with E-state index in [1.807, 2.05) is 31.2 Å². The maximum absolute atomic E-state index is 11.2. The van der Waals surface area contributed by atoms with Crippen molar-refractivity contribution in [3.8, 4) is 0 Å². The molecule has 21 heavy (non-hydrogen) atoms. The predicted molar refractivity (Wildman–Crippen MR) is 84.5 cm³/mol. The van der Waals surface area contributed by atoms with Crippen LogP contribution in [0.1, 0.15) is 24.1 Å². The van der Waals surface area contributed by atoms with E-state index < -0.39 is 10.0 Å². The minimum Gasteiger partial charge on any atom is -0.306 e. The van der Waals surface area contributed by atoms with Crippen molar-refractivity contribution in [2.45, 2.75) is 24.4 Å². The van der Waals surface area contributed by atoms with E-state index >= 15 is 0 Å². The summed E-state index contributed by atoms with van der Waals surface area (Å²) in [6.45, 7) is 2.67. The molecular formula is C15H17ClN2O2S. The van der Waals surface area contributed by atoms with Gasteiger partial charge in [-0.3, -0.25) is 0 Å². The fourth-order valence-corrected chi connectivity index (χ4v) is 2.68. The lowest BCUT2D eigenvalue weighted by Crippen LogP contribution is -2.18. The second-order valence-electron chi connectivity index (χ2n) is 4.85. The number of hydrogen-bond acceptors (Lipinski definition) is 3. The molecule has 0 aliphatic heterocycles.